The molecule has 0 aliphatic heterocycles. The molecule has 0 spiro atoms. The minimum Gasteiger partial charge on any atom is -0.308 e. The highest BCUT2D eigenvalue weighted by atomic mass is 32.2. The van der Waals surface area contributed by atoms with Gasteiger partial charge < -0.3 is 5.43 Å². The second-order valence-electron chi connectivity index (χ2n) is 5.13. The minimum atomic E-state index is -3.21. The van der Waals surface area contributed by atoms with Crippen LogP contribution >= 0.6 is 0 Å². The molecule has 1 fully saturated rings. The maximum Gasteiger partial charge on any atom is 0.157 e. The maximum atomic E-state index is 11.6. The number of rotatable bonds is 4. The van der Waals surface area contributed by atoms with Crippen LogP contribution in [0, 0.1) is 0 Å². The smallest absolute Gasteiger partial charge is 0.157 e. The van der Waals surface area contributed by atoms with Crippen molar-refractivity contribution >= 4 is 15.7 Å². The molecule has 19 heavy (non-hydrogen) atoms. The first kappa shape index (κ1) is 14.2. The van der Waals surface area contributed by atoms with E-state index in [1.54, 1.807) is 6.92 Å². The molecule has 106 valence electrons. The van der Waals surface area contributed by atoms with Gasteiger partial charge in [-0.2, -0.15) is 0 Å². The van der Waals surface area contributed by atoms with E-state index in [1.807, 2.05) is 6.07 Å². The van der Waals surface area contributed by atoms with Crippen molar-refractivity contribution in [2.45, 2.75) is 43.8 Å². The zero-order valence-corrected chi connectivity index (χ0v) is 12.1. The van der Waals surface area contributed by atoms with Gasteiger partial charge >= 0.3 is 0 Å². The fraction of sp³-hybridized carbons (Fsp3) is 0.667. The van der Waals surface area contributed by atoms with Crippen molar-refractivity contribution in [1.82, 2.24) is 9.97 Å². The summed E-state index contributed by atoms with van der Waals surface area (Å²) in [6, 6.07) is 1.81. The number of hydrogen-bond donors (Lipinski definition) is 2. The first-order valence-electron chi connectivity index (χ1n) is 6.46. The Balaban J connectivity index is 2.41. The molecule has 1 atom stereocenters. The molecule has 1 unspecified atom stereocenters. The first-order valence-corrected chi connectivity index (χ1v) is 8.41. The van der Waals surface area contributed by atoms with Crippen LogP contribution in [-0.2, 0) is 9.84 Å². The van der Waals surface area contributed by atoms with E-state index in [1.165, 1.54) is 19.1 Å². The van der Waals surface area contributed by atoms with Gasteiger partial charge in [0.2, 0.25) is 0 Å². The molecule has 1 heterocycles. The Morgan fingerprint density at radius 2 is 2.00 bits per heavy atom. The van der Waals surface area contributed by atoms with Gasteiger partial charge in [0.25, 0.3) is 0 Å². The van der Waals surface area contributed by atoms with Gasteiger partial charge in [-0.15, -0.1) is 0 Å². The highest BCUT2D eigenvalue weighted by Gasteiger charge is 2.24. The summed E-state index contributed by atoms with van der Waals surface area (Å²) in [5.41, 5.74) is 3.39. The number of sulfone groups is 1. The van der Waals surface area contributed by atoms with Gasteiger partial charge in [0.15, 0.2) is 9.84 Å². The van der Waals surface area contributed by atoms with E-state index in [-0.39, 0.29) is 0 Å². The second-order valence-corrected chi connectivity index (χ2v) is 7.50. The number of aromatic nitrogens is 2. The van der Waals surface area contributed by atoms with E-state index in [4.69, 9.17) is 5.84 Å². The van der Waals surface area contributed by atoms with Crippen LogP contribution in [0.15, 0.2) is 6.07 Å². The third-order valence-corrected chi connectivity index (χ3v) is 5.19. The van der Waals surface area contributed by atoms with E-state index >= 15 is 0 Å². The topological polar surface area (TPSA) is 98.0 Å². The largest absolute Gasteiger partial charge is 0.308 e. The SMILES string of the molecule is CC(c1nc(NN)cc(C2CCCC2)n1)S(C)(=O)=O. The highest BCUT2D eigenvalue weighted by Crippen LogP contribution is 2.34. The lowest BCUT2D eigenvalue weighted by Gasteiger charge is -2.14. The Kier molecular flexibility index (Phi) is 4.05. The number of nitrogen functional groups attached to an aromatic ring is 1. The molecule has 0 amide bonds. The molecule has 7 heteroatoms. The Bertz CT molecular complexity index is 553. The van der Waals surface area contributed by atoms with Crippen LogP contribution in [0.25, 0.3) is 0 Å². The lowest BCUT2D eigenvalue weighted by Crippen LogP contribution is -2.17. The lowest BCUT2D eigenvalue weighted by molar-refractivity contribution is 0.587. The van der Waals surface area contributed by atoms with Crippen LogP contribution < -0.4 is 11.3 Å². The maximum absolute atomic E-state index is 11.6. The van der Waals surface area contributed by atoms with Crippen molar-refractivity contribution in [3.8, 4) is 0 Å². The van der Waals surface area contributed by atoms with Gasteiger partial charge in [-0.1, -0.05) is 12.8 Å². The van der Waals surface area contributed by atoms with E-state index in [2.05, 4.69) is 15.4 Å². The van der Waals surface area contributed by atoms with Crippen molar-refractivity contribution in [2.24, 2.45) is 5.84 Å². The number of hydrogen-bond acceptors (Lipinski definition) is 6. The summed E-state index contributed by atoms with van der Waals surface area (Å²) in [7, 11) is -3.21. The summed E-state index contributed by atoms with van der Waals surface area (Å²) < 4.78 is 23.3. The molecule has 0 aromatic carbocycles. The Labute approximate surface area is 113 Å². The predicted molar refractivity (Wildman–Crippen MR) is 74.3 cm³/mol. The van der Waals surface area contributed by atoms with Crippen molar-refractivity contribution in [1.29, 1.82) is 0 Å². The summed E-state index contributed by atoms with van der Waals surface area (Å²) in [6.07, 6.45) is 5.76. The first-order chi connectivity index (χ1) is 8.91. The third-order valence-electron chi connectivity index (χ3n) is 3.69. The van der Waals surface area contributed by atoms with Crippen LogP contribution in [0.2, 0.25) is 0 Å². The zero-order valence-electron chi connectivity index (χ0n) is 11.3. The quantitative estimate of drug-likeness (QED) is 0.642. The van der Waals surface area contributed by atoms with E-state index < -0.39 is 15.1 Å². The fourth-order valence-corrected chi connectivity index (χ4v) is 2.85. The Morgan fingerprint density at radius 1 is 1.37 bits per heavy atom. The standard InChI is InChI=1S/C12H20N4O2S/c1-8(19(2,17)18)12-14-10(7-11(15-12)16-13)9-5-3-4-6-9/h7-9H,3-6,13H2,1-2H3,(H,14,15,16). The Hall–Kier alpha value is -1.21. The van der Waals surface area contributed by atoms with Crippen LogP contribution in [0.4, 0.5) is 5.82 Å². The van der Waals surface area contributed by atoms with E-state index in [0.717, 1.165) is 18.5 Å². The summed E-state index contributed by atoms with van der Waals surface area (Å²) in [4.78, 5) is 8.61. The van der Waals surface area contributed by atoms with Gasteiger partial charge in [-0.25, -0.2) is 24.2 Å². The second kappa shape index (κ2) is 5.42. The van der Waals surface area contributed by atoms with Crippen molar-refractivity contribution < 1.29 is 8.42 Å². The molecule has 0 radical (unpaired) electrons. The number of hydrazine groups is 1. The zero-order chi connectivity index (χ0) is 14.0. The molecule has 1 aromatic heterocycles. The average Bonchev–Trinajstić information content (AvgIpc) is 2.90. The molecule has 1 aliphatic rings. The van der Waals surface area contributed by atoms with E-state index in [9.17, 15) is 8.42 Å². The average molecular weight is 284 g/mol. The normalized spacial score (nSPS) is 18.5. The van der Waals surface area contributed by atoms with Gasteiger partial charge in [0.1, 0.15) is 16.9 Å². The molecule has 1 aromatic rings. The van der Waals surface area contributed by atoms with Gasteiger partial charge in [-0.05, 0) is 19.8 Å². The number of nitrogens with one attached hydrogen (secondary N) is 1. The molecule has 0 bridgehead atoms. The molecular formula is C12H20N4O2S. The van der Waals surface area contributed by atoms with Crippen LogP contribution in [0.5, 0.6) is 0 Å². The summed E-state index contributed by atoms with van der Waals surface area (Å²) in [5.74, 6) is 6.59. The van der Waals surface area contributed by atoms with Crippen molar-refractivity contribution in [2.75, 3.05) is 11.7 Å². The number of anilines is 1. The molecule has 6 nitrogen and oxygen atoms in total. The number of nitrogens with zero attached hydrogens (tertiary/aromatic N) is 2. The summed E-state index contributed by atoms with van der Waals surface area (Å²) in [6.45, 7) is 1.60. The summed E-state index contributed by atoms with van der Waals surface area (Å²) in [5, 5.41) is -0.721. The van der Waals surface area contributed by atoms with Gasteiger partial charge in [0, 0.05) is 23.9 Å². The molecule has 3 N–H and O–H groups in total. The molecular weight excluding hydrogens is 264 g/mol. The van der Waals surface area contributed by atoms with Crippen molar-refractivity contribution in [3.05, 3.63) is 17.6 Å². The highest BCUT2D eigenvalue weighted by molar-refractivity contribution is 7.90. The third kappa shape index (κ3) is 3.22. The monoisotopic (exact) mass is 284 g/mol. The molecule has 1 saturated carbocycles. The minimum absolute atomic E-state index is 0.319. The van der Waals surface area contributed by atoms with E-state index in [0.29, 0.717) is 17.6 Å². The fourth-order valence-electron chi connectivity index (χ4n) is 2.36. The van der Waals surface area contributed by atoms with Gasteiger partial charge in [0.05, 0.1) is 0 Å². The van der Waals surface area contributed by atoms with Crippen LogP contribution in [0.1, 0.15) is 55.3 Å². The van der Waals surface area contributed by atoms with Crippen LogP contribution in [-0.4, -0.2) is 24.6 Å². The molecule has 0 saturated heterocycles. The molecule has 2 rings (SSSR count). The van der Waals surface area contributed by atoms with Crippen molar-refractivity contribution in [3.63, 3.8) is 0 Å². The molecule has 1 aliphatic carbocycles. The lowest BCUT2D eigenvalue weighted by atomic mass is 10.0. The summed E-state index contributed by atoms with van der Waals surface area (Å²) >= 11 is 0. The predicted octanol–water partition coefficient (Wildman–Crippen LogP) is 1.53. The Morgan fingerprint density at radius 3 is 2.53 bits per heavy atom. The van der Waals surface area contributed by atoms with Gasteiger partial charge in [-0.3, -0.25) is 0 Å². The number of nitrogens with two attached hydrogens (primary N) is 1. The van der Waals surface area contributed by atoms with Crippen LogP contribution in [0.3, 0.4) is 0 Å².